The van der Waals surface area contributed by atoms with Crippen LogP contribution in [0.2, 0.25) is 0 Å². The highest BCUT2D eigenvalue weighted by Crippen LogP contribution is 2.17. The number of carbonyl (C=O) groups excluding carboxylic acids is 1. The van der Waals surface area contributed by atoms with Gasteiger partial charge in [0.1, 0.15) is 0 Å². The monoisotopic (exact) mass is 384 g/mol. The molecule has 0 aliphatic heterocycles. The fourth-order valence-electron chi connectivity index (χ4n) is 2.56. The zero-order valence-electron chi connectivity index (χ0n) is 14.9. The molecule has 0 aliphatic rings. The van der Waals surface area contributed by atoms with Crippen molar-refractivity contribution in [2.24, 2.45) is 0 Å². The number of aryl methyl sites for hydroxylation is 1. The summed E-state index contributed by atoms with van der Waals surface area (Å²) in [6, 6.07) is 12.2. The summed E-state index contributed by atoms with van der Waals surface area (Å²) in [4.78, 5) is 16.7. The molecule has 0 aliphatic carbocycles. The van der Waals surface area contributed by atoms with E-state index in [2.05, 4.69) is 10.3 Å². The number of furan rings is 1. The molecule has 1 aromatic carbocycles. The summed E-state index contributed by atoms with van der Waals surface area (Å²) in [5.74, 6) is -0.0684. The van der Waals surface area contributed by atoms with Crippen LogP contribution < -0.4 is 5.32 Å². The first-order valence-corrected chi connectivity index (χ1v) is 10.3. The Morgan fingerprint density at radius 1 is 1.07 bits per heavy atom. The molecule has 0 saturated carbocycles. The van der Waals surface area contributed by atoms with Crippen molar-refractivity contribution in [2.45, 2.75) is 24.3 Å². The maximum Gasteiger partial charge on any atom is 0.220 e. The molecule has 2 heterocycles. The third kappa shape index (κ3) is 5.27. The quantitative estimate of drug-likeness (QED) is 0.676. The van der Waals surface area contributed by atoms with E-state index in [9.17, 15) is 13.2 Å². The molecule has 0 radical (unpaired) electrons. The van der Waals surface area contributed by atoms with Gasteiger partial charge < -0.3 is 9.73 Å². The van der Waals surface area contributed by atoms with E-state index in [0.29, 0.717) is 19.4 Å². The molecule has 2 aromatic heterocycles. The minimum Gasteiger partial charge on any atom is -0.472 e. The molecule has 7 heteroatoms. The molecular formula is C20H20N2O4S. The number of nitrogens with one attached hydrogen (secondary N) is 1. The number of pyridine rings is 1. The van der Waals surface area contributed by atoms with Crippen LogP contribution in [0.1, 0.15) is 17.5 Å². The van der Waals surface area contributed by atoms with Gasteiger partial charge in [0, 0.05) is 31.0 Å². The van der Waals surface area contributed by atoms with E-state index in [4.69, 9.17) is 4.42 Å². The van der Waals surface area contributed by atoms with Crippen molar-refractivity contribution in [3.63, 3.8) is 0 Å². The third-order valence-corrected chi connectivity index (χ3v) is 5.25. The lowest BCUT2D eigenvalue weighted by Crippen LogP contribution is -2.23. The molecule has 6 nitrogen and oxygen atoms in total. The van der Waals surface area contributed by atoms with Crippen LogP contribution in [-0.4, -0.2) is 25.6 Å². The summed E-state index contributed by atoms with van der Waals surface area (Å²) in [6.07, 6.45) is 7.01. The van der Waals surface area contributed by atoms with Gasteiger partial charge in [-0.3, -0.25) is 9.78 Å². The Balaban J connectivity index is 1.47. The Morgan fingerprint density at radius 2 is 1.81 bits per heavy atom. The van der Waals surface area contributed by atoms with Crippen molar-refractivity contribution in [3.8, 4) is 11.3 Å². The van der Waals surface area contributed by atoms with Crippen molar-refractivity contribution >= 4 is 15.7 Å². The average molecular weight is 384 g/mol. The Bertz CT molecular complexity index is 993. The highest BCUT2D eigenvalue weighted by Gasteiger charge is 2.08. The third-order valence-electron chi connectivity index (χ3n) is 4.12. The average Bonchev–Trinajstić information content (AvgIpc) is 3.19. The van der Waals surface area contributed by atoms with Gasteiger partial charge in [-0.05, 0) is 41.8 Å². The minimum atomic E-state index is -3.20. The minimum absolute atomic E-state index is 0.0684. The normalized spacial score (nSPS) is 11.3. The first-order chi connectivity index (χ1) is 12.9. The van der Waals surface area contributed by atoms with Crippen LogP contribution in [0.4, 0.5) is 0 Å². The smallest absolute Gasteiger partial charge is 0.220 e. The number of rotatable bonds is 7. The Kier molecular flexibility index (Phi) is 5.71. The first kappa shape index (κ1) is 18.8. The standard InChI is InChI=1S/C20H20N2O4S/c1-27(24,25)18-6-2-15(3-7-18)5-9-20(23)22-13-16-4-8-19(21-12-16)17-10-11-26-14-17/h2-4,6-8,10-12,14H,5,9,13H2,1H3,(H,22,23). The molecule has 0 unspecified atom stereocenters. The molecule has 140 valence electrons. The number of hydrogen-bond acceptors (Lipinski definition) is 5. The molecule has 27 heavy (non-hydrogen) atoms. The Morgan fingerprint density at radius 3 is 2.41 bits per heavy atom. The fourth-order valence-corrected chi connectivity index (χ4v) is 3.19. The molecule has 0 spiro atoms. The van der Waals surface area contributed by atoms with Crippen LogP contribution in [0.3, 0.4) is 0 Å². The molecule has 0 saturated heterocycles. The highest BCUT2D eigenvalue weighted by atomic mass is 32.2. The van der Waals surface area contributed by atoms with Crippen LogP contribution >= 0.6 is 0 Å². The maximum atomic E-state index is 12.0. The van der Waals surface area contributed by atoms with Crippen LogP contribution in [-0.2, 0) is 27.6 Å². The second-order valence-corrected chi connectivity index (χ2v) is 8.27. The summed E-state index contributed by atoms with van der Waals surface area (Å²) < 4.78 is 27.9. The second kappa shape index (κ2) is 8.18. The molecule has 3 aromatic rings. The van der Waals surface area contributed by atoms with Gasteiger partial charge >= 0.3 is 0 Å². The molecule has 1 N–H and O–H groups in total. The van der Waals surface area contributed by atoms with Crippen molar-refractivity contribution < 1.29 is 17.6 Å². The van der Waals surface area contributed by atoms with Gasteiger partial charge in [-0.25, -0.2) is 8.42 Å². The number of aromatic nitrogens is 1. The van der Waals surface area contributed by atoms with Crippen molar-refractivity contribution in [1.82, 2.24) is 10.3 Å². The lowest BCUT2D eigenvalue weighted by atomic mass is 10.1. The fraction of sp³-hybridized carbons (Fsp3) is 0.200. The summed E-state index contributed by atoms with van der Waals surface area (Å²) >= 11 is 0. The SMILES string of the molecule is CS(=O)(=O)c1ccc(CCC(=O)NCc2ccc(-c3ccoc3)nc2)cc1. The van der Waals surface area contributed by atoms with Crippen LogP contribution in [0.15, 0.2) is 70.5 Å². The highest BCUT2D eigenvalue weighted by molar-refractivity contribution is 7.90. The first-order valence-electron chi connectivity index (χ1n) is 8.45. The Labute approximate surface area is 158 Å². The van der Waals surface area contributed by atoms with Gasteiger partial charge in [0.15, 0.2) is 9.84 Å². The van der Waals surface area contributed by atoms with E-state index >= 15 is 0 Å². The maximum absolute atomic E-state index is 12.0. The van der Waals surface area contributed by atoms with Crippen molar-refractivity contribution in [3.05, 3.63) is 72.3 Å². The van der Waals surface area contributed by atoms with Gasteiger partial charge in [0.2, 0.25) is 5.91 Å². The summed E-state index contributed by atoms with van der Waals surface area (Å²) in [5.41, 5.74) is 3.56. The molecule has 0 atom stereocenters. The zero-order chi connectivity index (χ0) is 19.3. The van der Waals surface area contributed by atoms with E-state index in [1.165, 1.54) is 6.26 Å². The molecule has 3 rings (SSSR count). The summed E-state index contributed by atoms with van der Waals surface area (Å²) in [7, 11) is -3.20. The zero-order valence-corrected chi connectivity index (χ0v) is 15.7. The predicted octanol–water partition coefficient (Wildman–Crippen LogP) is 2.99. The topological polar surface area (TPSA) is 89.3 Å². The predicted molar refractivity (Wildman–Crippen MR) is 102 cm³/mol. The molecule has 1 amide bonds. The molecule has 0 fully saturated rings. The number of nitrogens with zero attached hydrogens (tertiary/aromatic N) is 1. The van der Waals surface area contributed by atoms with Crippen molar-refractivity contribution in [2.75, 3.05) is 6.26 Å². The van der Waals surface area contributed by atoms with Gasteiger partial charge in [-0.15, -0.1) is 0 Å². The number of carbonyl (C=O) groups is 1. The number of hydrogen-bond donors (Lipinski definition) is 1. The summed E-state index contributed by atoms with van der Waals surface area (Å²) in [6.45, 7) is 0.407. The van der Waals surface area contributed by atoms with E-state index in [-0.39, 0.29) is 10.8 Å². The van der Waals surface area contributed by atoms with Gasteiger partial charge in [0.25, 0.3) is 0 Å². The lowest BCUT2D eigenvalue weighted by molar-refractivity contribution is -0.121. The van der Waals surface area contributed by atoms with E-state index in [1.54, 1.807) is 43.0 Å². The van der Waals surface area contributed by atoms with Crippen LogP contribution in [0.5, 0.6) is 0 Å². The largest absolute Gasteiger partial charge is 0.472 e. The number of amides is 1. The van der Waals surface area contributed by atoms with Crippen LogP contribution in [0.25, 0.3) is 11.3 Å². The van der Waals surface area contributed by atoms with Gasteiger partial charge in [0.05, 0.1) is 23.1 Å². The molecular weight excluding hydrogens is 364 g/mol. The lowest BCUT2D eigenvalue weighted by Gasteiger charge is -2.06. The number of benzene rings is 1. The summed E-state index contributed by atoms with van der Waals surface area (Å²) in [5, 5.41) is 2.87. The van der Waals surface area contributed by atoms with Gasteiger partial charge in [-0.1, -0.05) is 18.2 Å². The van der Waals surface area contributed by atoms with E-state index < -0.39 is 9.84 Å². The molecule has 0 bridgehead atoms. The van der Waals surface area contributed by atoms with Crippen molar-refractivity contribution in [1.29, 1.82) is 0 Å². The second-order valence-electron chi connectivity index (χ2n) is 6.26. The van der Waals surface area contributed by atoms with Crippen LogP contribution in [0, 0.1) is 0 Å². The van der Waals surface area contributed by atoms with E-state index in [1.807, 2.05) is 18.2 Å². The Hall–Kier alpha value is -2.93. The van der Waals surface area contributed by atoms with E-state index in [0.717, 1.165) is 22.4 Å². The number of sulfone groups is 1. The van der Waals surface area contributed by atoms with Gasteiger partial charge in [-0.2, -0.15) is 0 Å².